The Balaban J connectivity index is 4.33. The summed E-state index contributed by atoms with van der Waals surface area (Å²) >= 11 is 0. The van der Waals surface area contributed by atoms with E-state index >= 15 is 0 Å². The highest BCUT2D eigenvalue weighted by molar-refractivity contribution is 7.47. The molecule has 2 atom stereocenters. The van der Waals surface area contributed by atoms with Gasteiger partial charge in [-0.1, -0.05) is 159 Å². The van der Waals surface area contributed by atoms with Crippen molar-refractivity contribution in [1.82, 2.24) is 0 Å². The summed E-state index contributed by atoms with van der Waals surface area (Å²) in [5.74, 6) is -0.818. The van der Waals surface area contributed by atoms with Crippen LogP contribution in [0.4, 0.5) is 0 Å². The van der Waals surface area contributed by atoms with Gasteiger partial charge in [0, 0.05) is 12.8 Å². The molecule has 0 aromatic carbocycles. The Hall–Kier alpha value is -1.77. The quantitative estimate of drug-likeness (QED) is 0.0213. The molecule has 0 radical (unpaired) electrons. The molecule has 0 spiro atoms. The minimum absolute atomic E-state index is 0.0287. The first-order valence-electron chi connectivity index (χ1n) is 23.7. The van der Waals surface area contributed by atoms with Crippen LogP contribution in [0.1, 0.15) is 206 Å². The molecule has 0 saturated heterocycles. The van der Waals surface area contributed by atoms with Crippen LogP contribution in [0.5, 0.6) is 0 Å². The number of quaternary nitrogens is 1. The molecular formula is C48H91NO8P+. The normalized spacial score (nSPS) is 13.8. The molecule has 1 N–H and O–H groups in total. The Morgan fingerprint density at radius 3 is 1.43 bits per heavy atom. The predicted molar refractivity (Wildman–Crippen MR) is 243 cm³/mol. The van der Waals surface area contributed by atoms with Gasteiger partial charge >= 0.3 is 19.8 Å². The smallest absolute Gasteiger partial charge is 0.462 e. The zero-order valence-corrected chi connectivity index (χ0v) is 39.2. The molecule has 0 bridgehead atoms. The van der Waals surface area contributed by atoms with Crippen molar-refractivity contribution in [2.75, 3.05) is 47.5 Å². The molecule has 0 aliphatic heterocycles. The molecule has 0 aromatic heterocycles. The molecule has 10 heteroatoms. The number of ether oxygens (including phenoxy) is 2. The average Bonchev–Trinajstić information content (AvgIpc) is 3.17. The van der Waals surface area contributed by atoms with Gasteiger partial charge in [-0.25, -0.2) is 4.57 Å². The van der Waals surface area contributed by atoms with Crippen molar-refractivity contribution in [2.24, 2.45) is 0 Å². The first-order valence-corrected chi connectivity index (χ1v) is 25.2. The van der Waals surface area contributed by atoms with Gasteiger partial charge in [0.15, 0.2) is 6.10 Å². The SMILES string of the molecule is CCCCC/C=C/C/C=C/CCCCCCCCCCCC(=O)O[C@H](COC(=O)CCCCC/C=C/CCCCCCCCCC)COP(=O)(O)OCC[N+](C)(C)C. The highest BCUT2D eigenvalue weighted by Gasteiger charge is 2.27. The number of carbonyl (C=O) groups excluding carboxylic acids is 2. The summed E-state index contributed by atoms with van der Waals surface area (Å²) in [5, 5.41) is 0. The second kappa shape index (κ2) is 40.6. The number of unbranched alkanes of at least 4 members (excludes halogenated alkanes) is 23. The summed E-state index contributed by atoms with van der Waals surface area (Å²) < 4.78 is 34.4. The fourth-order valence-corrected chi connectivity index (χ4v) is 7.13. The molecule has 0 amide bonds. The maximum absolute atomic E-state index is 12.7. The highest BCUT2D eigenvalue weighted by atomic mass is 31.2. The van der Waals surface area contributed by atoms with E-state index in [-0.39, 0.29) is 32.0 Å². The largest absolute Gasteiger partial charge is 0.472 e. The van der Waals surface area contributed by atoms with E-state index < -0.39 is 26.5 Å². The summed E-state index contributed by atoms with van der Waals surface area (Å²) in [6, 6.07) is 0. The minimum Gasteiger partial charge on any atom is -0.462 e. The third-order valence-corrected chi connectivity index (χ3v) is 11.1. The third-order valence-electron chi connectivity index (χ3n) is 10.1. The van der Waals surface area contributed by atoms with Gasteiger partial charge in [0.1, 0.15) is 19.8 Å². The number of hydrogen-bond donors (Lipinski definition) is 1. The highest BCUT2D eigenvalue weighted by Crippen LogP contribution is 2.43. The van der Waals surface area contributed by atoms with Gasteiger partial charge in [0.2, 0.25) is 0 Å². The van der Waals surface area contributed by atoms with Crippen molar-refractivity contribution in [2.45, 2.75) is 213 Å². The number of phosphoric ester groups is 1. The van der Waals surface area contributed by atoms with Crippen LogP contribution in [0.25, 0.3) is 0 Å². The lowest BCUT2D eigenvalue weighted by Crippen LogP contribution is -2.37. The Bertz CT molecular complexity index is 1090. The van der Waals surface area contributed by atoms with Crippen LogP contribution in [0.3, 0.4) is 0 Å². The van der Waals surface area contributed by atoms with E-state index in [0.29, 0.717) is 23.9 Å². The fourth-order valence-electron chi connectivity index (χ4n) is 6.39. The van der Waals surface area contributed by atoms with Crippen LogP contribution in [0, 0.1) is 0 Å². The van der Waals surface area contributed by atoms with Crippen LogP contribution in [0.2, 0.25) is 0 Å². The number of likely N-dealkylation sites (N-methyl/N-ethyl adjacent to an activating group) is 1. The zero-order chi connectivity index (χ0) is 42.8. The van der Waals surface area contributed by atoms with E-state index in [9.17, 15) is 19.0 Å². The molecule has 0 heterocycles. The Kier molecular flexibility index (Phi) is 39.4. The Morgan fingerprint density at radius 2 is 0.931 bits per heavy atom. The van der Waals surface area contributed by atoms with E-state index in [0.717, 1.165) is 57.8 Å². The van der Waals surface area contributed by atoms with Gasteiger partial charge in [-0.3, -0.25) is 18.6 Å². The van der Waals surface area contributed by atoms with Crippen molar-refractivity contribution < 1.29 is 42.1 Å². The number of esters is 2. The zero-order valence-electron chi connectivity index (χ0n) is 38.3. The van der Waals surface area contributed by atoms with Crippen molar-refractivity contribution in [3.05, 3.63) is 36.5 Å². The topological polar surface area (TPSA) is 108 Å². The lowest BCUT2D eigenvalue weighted by Gasteiger charge is -2.24. The van der Waals surface area contributed by atoms with E-state index in [1.54, 1.807) is 0 Å². The third kappa shape index (κ3) is 43.8. The Morgan fingerprint density at radius 1 is 0.534 bits per heavy atom. The maximum Gasteiger partial charge on any atom is 0.472 e. The molecule has 0 aromatic rings. The van der Waals surface area contributed by atoms with Crippen molar-refractivity contribution in [1.29, 1.82) is 0 Å². The van der Waals surface area contributed by atoms with Crippen molar-refractivity contribution >= 4 is 19.8 Å². The summed E-state index contributed by atoms with van der Waals surface area (Å²) in [7, 11) is 1.47. The Labute approximate surface area is 357 Å². The van der Waals surface area contributed by atoms with Crippen molar-refractivity contribution in [3.8, 4) is 0 Å². The molecule has 1 unspecified atom stereocenters. The monoisotopic (exact) mass is 841 g/mol. The number of hydrogen-bond acceptors (Lipinski definition) is 7. The van der Waals surface area contributed by atoms with Crippen LogP contribution >= 0.6 is 7.82 Å². The van der Waals surface area contributed by atoms with Gasteiger partial charge in [0.05, 0.1) is 27.7 Å². The first-order chi connectivity index (χ1) is 28.0. The lowest BCUT2D eigenvalue weighted by molar-refractivity contribution is -0.870. The molecule has 0 fully saturated rings. The number of allylic oxidation sites excluding steroid dienone is 6. The van der Waals surface area contributed by atoms with Crippen LogP contribution < -0.4 is 0 Å². The molecule has 0 aliphatic carbocycles. The van der Waals surface area contributed by atoms with Gasteiger partial charge in [-0.2, -0.15) is 0 Å². The van der Waals surface area contributed by atoms with E-state index in [2.05, 4.69) is 50.3 Å². The second-order valence-electron chi connectivity index (χ2n) is 17.1. The minimum atomic E-state index is -4.38. The average molecular weight is 841 g/mol. The van der Waals surface area contributed by atoms with Crippen LogP contribution in [-0.4, -0.2) is 74.9 Å². The molecule has 58 heavy (non-hydrogen) atoms. The predicted octanol–water partition coefficient (Wildman–Crippen LogP) is 13.7. The summed E-state index contributed by atoms with van der Waals surface area (Å²) in [6.07, 6.45) is 46.2. The summed E-state index contributed by atoms with van der Waals surface area (Å²) in [6.45, 7) is 4.39. The summed E-state index contributed by atoms with van der Waals surface area (Å²) in [4.78, 5) is 35.4. The number of phosphoric acid groups is 1. The second-order valence-corrected chi connectivity index (χ2v) is 18.6. The maximum atomic E-state index is 12.7. The molecular weight excluding hydrogens is 750 g/mol. The van der Waals surface area contributed by atoms with Crippen LogP contribution in [0.15, 0.2) is 36.5 Å². The summed E-state index contributed by atoms with van der Waals surface area (Å²) in [5.41, 5.74) is 0. The molecule has 0 rings (SSSR count). The van der Waals surface area contributed by atoms with E-state index in [1.807, 2.05) is 21.1 Å². The van der Waals surface area contributed by atoms with Gasteiger partial charge < -0.3 is 18.9 Å². The molecule has 340 valence electrons. The number of nitrogens with zero attached hydrogens (tertiary/aromatic N) is 1. The molecule has 0 saturated carbocycles. The fraction of sp³-hybridized carbons (Fsp3) is 0.833. The van der Waals surface area contributed by atoms with Crippen LogP contribution in [-0.2, 0) is 32.7 Å². The standard InChI is InChI=1S/C48H90NO8P/c1-6-8-10-12-14-16-18-20-22-23-24-25-27-29-31-33-35-37-39-41-48(51)57-46(45-56-58(52,53)55-43-42-49(3,4)5)44-54-47(50)40-38-36-34-32-30-28-26-21-19-17-15-13-11-9-7-2/h14,16,20,22,28,30,46H,6-13,15,17-19,21,23-27,29,31-45H2,1-5H3/p+1/b16-14+,22-20+,30-28+/t46-/m1/s1. The number of carbonyl (C=O) groups is 2. The van der Waals surface area contributed by atoms with E-state index in [4.69, 9.17) is 18.5 Å². The van der Waals surface area contributed by atoms with Gasteiger partial charge in [-0.05, 0) is 70.6 Å². The lowest BCUT2D eigenvalue weighted by atomic mass is 10.1. The molecule has 9 nitrogen and oxygen atoms in total. The van der Waals surface area contributed by atoms with Gasteiger partial charge in [0.25, 0.3) is 0 Å². The van der Waals surface area contributed by atoms with Gasteiger partial charge in [-0.15, -0.1) is 0 Å². The van der Waals surface area contributed by atoms with Crippen molar-refractivity contribution in [3.63, 3.8) is 0 Å². The first kappa shape index (κ1) is 56.2. The molecule has 0 aliphatic rings. The van der Waals surface area contributed by atoms with E-state index in [1.165, 1.54) is 109 Å². The number of rotatable bonds is 43.